The highest BCUT2D eigenvalue weighted by Gasteiger charge is 2.03. The maximum absolute atomic E-state index is 8.80. The van der Waals surface area contributed by atoms with Crippen molar-refractivity contribution in [3.05, 3.63) is 72.3 Å². The molecule has 1 heteroatoms. The maximum atomic E-state index is 8.80. The molecule has 0 radical (unpaired) electrons. The molecule has 90 valence electrons. The first-order chi connectivity index (χ1) is 9.38. The van der Waals surface area contributed by atoms with Gasteiger partial charge in [0.2, 0.25) is 0 Å². The van der Waals surface area contributed by atoms with E-state index in [4.69, 9.17) is 5.26 Å². The van der Waals surface area contributed by atoms with E-state index in [1.165, 1.54) is 21.9 Å². The molecule has 0 unspecified atom stereocenters. The molecule has 0 heterocycles. The van der Waals surface area contributed by atoms with Gasteiger partial charge in [-0.1, -0.05) is 66.7 Å². The Morgan fingerprint density at radius 3 is 2.53 bits per heavy atom. The normalized spacial score (nSPS) is 10.3. The van der Waals surface area contributed by atoms with Crippen molar-refractivity contribution in [3.8, 4) is 17.2 Å². The van der Waals surface area contributed by atoms with Crippen LogP contribution in [0.1, 0.15) is 5.56 Å². The van der Waals surface area contributed by atoms with Crippen LogP contribution in [0.3, 0.4) is 0 Å². The maximum Gasteiger partial charge on any atom is 0.0669 e. The monoisotopic (exact) mass is 243 g/mol. The van der Waals surface area contributed by atoms with Crippen LogP contribution in [0.25, 0.3) is 21.9 Å². The largest absolute Gasteiger partial charge is 0.198 e. The Morgan fingerprint density at radius 2 is 1.63 bits per heavy atom. The van der Waals surface area contributed by atoms with Crippen LogP contribution >= 0.6 is 0 Å². The van der Waals surface area contributed by atoms with E-state index in [-0.39, 0.29) is 0 Å². The molecule has 0 aliphatic rings. The second kappa shape index (κ2) is 4.96. The molecule has 0 aromatic heterocycles. The SMILES string of the molecule is N#CCc1cccc(-c2cccc3ccccc23)c1. The van der Waals surface area contributed by atoms with Crippen molar-refractivity contribution in [1.82, 2.24) is 0 Å². The first-order valence-corrected chi connectivity index (χ1v) is 6.32. The van der Waals surface area contributed by atoms with Crippen LogP contribution in [-0.4, -0.2) is 0 Å². The van der Waals surface area contributed by atoms with Gasteiger partial charge in [-0.05, 0) is 27.5 Å². The third-order valence-electron chi connectivity index (χ3n) is 3.31. The molecule has 3 rings (SSSR count). The zero-order chi connectivity index (χ0) is 13.1. The molecule has 0 aliphatic heterocycles. The Kier molecular flexibility index (Phi) is 3.00. The van der Waals surface area contributed by atoms with Gasteiger partial charge in [-0.2, -0.15) is 5.26 Å². The van der Waals surface area contributed by atoms with E-state index < -0.39 is 0 Å². The summed E-state index contributed by atoms with van der Waals surface area (Å²) in [5, 5.41) is 11.3. The second-order valence-electron chi connectivity index (χ2n) is 4.56. The number of rotatable bonds is 2. The molecule has 0 atom stereocenters. The molecule has 0 amide bonds. The molecule has 0 aliphatic carbocycles. The van der Waals surface area contributed by atoms with E-state index in [0.717, 1.165) is 5.56 Å². The highest BCUT2D eigenvalue weighted by Crippen LogP contribution is 2.28. The molecule has 1 nitrogen and oxygen atoms in total. The molecular weight excluding hydrogens is 230 g/mol. The average Bonchev–Trinajstić information content (AvgIpc) is 2.47. The highest BCUT2D eigenvalue weighted by atomic mass is 14.2. The Morgan fingerprint density at radius 1 is 0.842 bits per heavy atom. The van der Waals surface area contributed by atoms with Gasteiger partial charge in [0.15, 0.2) is 0 Å². The Balaban J connectivity index is 2.19. The Bertz CT molecular complexity index is 760. The lowest BCUT2D eigenvalue weighted by molar-refractivity contribution is 1.26. The minimum atomic E-state index is 0.457. The van der Waals surface area contributed by atoms with Crippen molar-refractivity contribution in [2.24, 2.45) is 0 Å². The number of nitriles is 1. The zero-order valence-electron chi connectivity index (χ0n) is 10.5. The quantitative estimate of drug-likeness (QED) is 0.646. The van der Waals surface area contributed by atoms with Crippen LogP contribution in [0.5, 0.6) is 0 Å². The lowest BCUT2D eigenvalue weighted by atomic mass is 9.96. The first-order valence-electron chi connectivity index (χ1n) is 6.32. The minimum absolute atomic E-state index is 0.457. The summed E-state index contributed by atoms with van der Waals surface area (Å²) < 4.78 is 0. The fourth-order valence-corrected chi connectivity index (χ4v) is 2.42. The standard InChI is InChI=1S/C18H13N/c19-12-11-14-5-3-8-16(13-14)18-10-4-7-15-6-1-2-9-17(15)18/h1-10,13H,11H2. The van der Waals surface area contributed by atoms with Gasteiger partial charge in [0.25, 0.3) is 0 Å². The van der Waals surface area contributed by atoms with Gasteiger partial charge in [-0.15, -0.1) is 0 Å². The molecule has 3 aromatic rings. The van der Waals surface area contributed by atoms with Gasteiger partial charge in [-0.3, -0.25) is 0 Å². The lowest BCUT2D eigenvalue weighted by Crippen LogP contribution is -1.85. The number of hydrogen-bond donors (Lipinski definition) is 0. The van der Waals surface area contributed by atoms with Gasteiger partial charge < -0.3 is 0 Å². The molecule has 19 heavy (non-hydrogen) atoms. The molecule has 0 fully saturated rings. The minimum Gasteiger partial charge on any atom is -0.198 e. The van der Waals surface area contributed by atoms with Gasteiger partial charge in [0.1, 0.15) is 0 Å². The summed E-state index contributed by atoms with van der Waals surface area (Å²) in [7, 11) is 0. The molecule has 3 aromatic carbocycles. The van der Waals surface area contributed by atoms with Crippen LogP contribution < -0.4 is 0 Å². The Labute approximate surface area is 112 Å². The van der Waals surface area contributed by atoms with Crippen molar-refractivity contribution in [2.75, 3.05) is 0 Å². The van der Waals surface area contributed by atoms with Crippen LogP contribution in [0.4, 0.5) is 0 Å². The fraction of sp³-hybridized carbons (Fsp3) is 0.0556. The van der Waals surface area contributed by atoms with Gasteiger partial charge in [0.05, 0.1) is 12.5 Å². The molecule has 0 spiro atoms. The molecular formula is C18H13N. The summed E-state index contributed by atoms with van der Waals surface area (Å²) in [4.78, 5) is 0. The average molecular weight is 243 g/mol. The van der Waals surface area contributed by atoms with Crippen molar-refractivity contribution in [2.45, 2.75) is 6.42 Å². The van der Waals surface area contributed by atoms with Gasteiger partial charge in [-0.25, -0.2) is 0 Å². The van der Waals surface area contributed by atoms with E-state index in [1.807, 2.05) is 12.1 Å². The highest BCUT2D eigenvalue weighted by molar-refractivity contribution is 5.96. The van der Waals surface area contributed by atoms with Crippen molar-refractivity contribution in [3.63, 3.8) is 0 Å². The van der Waals surface area contributed by atoms with Crippen molar-refractivity contribution < 1.29 is 0 Å². The topological polar surface area (TPSA) is 23.8 Å². The van der Waals surface area contributed by atoms with Crippen LogP contribution in [0.15, 0.2) is 66.7 Å². The zero-order valence-corrected chi connectivity index (χ0v) is 10.5. The van der Waals surface area contributed by atoms with Gasteiger partial charge >= 0.3 is 0 Å². The third kappa shape index (κ3) is 2.21. The third-order valence-corrected chi connectivity index (χ3v) is 3.31. The summed E-state index contributed by atoms with van der Waals surface area (Å²) in [6.45, 7) is 0. The summed E-state index contributed by atoms with van der Waals surface area (Å²) in [6, 6.07) is 25.1. The van der Waals surface area contributed by atoms with Crippen molar-refractivity contribution in [1.29, 1.82) is 5.26 Å². The van der Waals surface area contributed by atoms with E-state index in [2.05, 4.69) is 60.7 Å². The van der Waals surface area contributed by atoms with E-state index in [1.54, 1.807) is 0 Å². The molecule has 0 saturated carbocycles. The predicted molar refractivity (Wildman–Crippen MR) is 78.7 cm³/mol. The number of hydrogen-bond acceptors (Lipinski definition) is 1. The summed E-state index contributed by atoms with van der Waals surface area (Å²) in [6.07, 6.45) is 0.457. The number of fused-ring (bicyclic) bond motifs is 1. The van der Waals surface area contributed by atoms with E-state index in [0.29, 0.717) is 6.42 Å². The van der Waals surface area contributed by atoms with Crippen LogP contribution in [-0.2, 0) is 6.42 Å². The summed E-state index contributed by atoms with van der Waals surface area (Å²) >= 11 is 0. The smallest absolute Gasteiger partial charge is 0.0669 e. The van der Waals surface area contributed by atoms with Gasteiger partial charge in [0, 0.05) is 0 Å². The van der Waals surface area contributed by atoms with Crippen LogP contribution in [0, 0.1) is 11.3 Å². The summed E-state index contributed by atoms with van der Waals surface area (Å²) in [5.74, 6) is 0. The first kappa shape index (κ1) is 11.5. The van der Waals surface area contributed by atoms with Crippen LogP contribution in [0.2, 0.25) is 0 Å². The molecule has 0 bridgehead atoms. The lowest BCUT2D eigenvalue weighted by Gasteiger charge is -2.07. The molecule has 0 saturated heterocycles. The van der Waals surface area contributed by atoms with Crippen molar-refractivity contribution >= 4 is 10.8 Å². The van der Waals surface area contributed by atoms with E-state index >= 15 is 0 Å². The summed E-state index contributed by atoms with van der Waals surface area (Å²) in [5.41, 5.74) is 3.45. The number of nitrogens with zero attached hydrogens (tertiary/aromatic N) is 1. The fourth-order valence-electron chi connectivity index (χ4n) is 2.42. The van der Waals surface area contributed by atoms with E-state index in [9.17, 15) is 0 Å². The second-order valence-corrected chi connectivity index (χ2v) is 4.56. The predicted octanol–water partition coefficient (Wildman–Crippen LogP) is 4.57. The number of benzene rings is 3. The Hall–Kier alpha value is -2.59. The molecule has 0 N–H and O–H groups in total.